The second-order valence-electron chi connectivity index (χ2n) is 4.78. The minimum Gasteiger partial charge on any atom is -0.384 e. The number of carbonyl (C=O) groups excluding carboxylic acids is 1. The first-order valence-corrected chi connectivity index (χ1v) is 7.61. The SMILES string of the molecule is O=C(CCNc1ccccc1C(F)(F)F)Nc1ccc(Br)cc1. The highest BCUT2D eigenvalue weighted by atomic mass is 79.9. The summed E-state index contributed by atoms with van der Waals surface area (Å²) in [5.74, 6) is -0.274. The van der Waals surface area contributed by atoms with Crippen LogP contribution in [-0.4, -0.2) is 12.5 Å². The summed E-state index contributed by atoms with van der Waals surface area (Å²) in [6.45, 7) is 0.107. The van der Waals surface area contributed by atoms with Gasteiger partial charge in [-0.2, -0.15) is 13.2 Å². The molecule has 7 heteroatoms. The van der Waals surface area contributed by atoms with Gasteiger partial charge in [0.1, 0.15) is 0 Å². The van der Waals surface area contributed by atoms with Gasteiger partial charge in [-0.1, -0.05) is 28.1 Å². The van der Waals surface area contributed by atoms with Gasteiger partial charge in [0.2, 0.25) is 5.91 Å². The summed E-state index contributed by atoms with van der Waals surface area (Å²) in [6, 6.07) is 12.2. The molecule has 0 heterocycles. The highest BCUT2D eigenvalue weighted by Crippen LogP contribution is 2.34. The van der Waals surface area contributed by atoms with Gasteiger partial charge in [0.15, 0.2) is 0 Å². The summed E-state index contributed by atoms with van der Waals surface area (Å²) >= 11 is 3.29. The zero-order valence-corrected chi connectivity index (χ0v) is 13.5. The monoisotopic (exact) mass is 386 g/mol. The van der Waals surface area contributed by atoms with Gasteiger partial charge < -0.3 is 10.6 Å². The number of halogens is 4. The molecule has 0 radical (unpaired) electrons. The van der Waals surface area contributed by atoms with Gasteiger partial charge in [0.25, 0.3) is 0 Å². The number of alkyl halides is 3. The van der Waals surface area contributed by atoms with E-state index in [1.807, 2.05) is 0 Å². The van der Waals surface area contributed by atoms with Gasteiger partial charge in [-0.25, -0.2) is 0 Å². The van der Waals surface area contributed by atoms with Gasteiger partial charge >= 0.3 is 6.18 Å². The summed E-state index contributed by atoms with van der Waals surface area (Å²) in [6.07, 6.45) is -4.37. The fourth-order valence-corrected chi connectivity index (χ4v) is 2.22. The number of anilines is 2. The van der Waals surface area contributed by atoms with E-state index in [9.17, 15) is 18.0 Å². The standard InChI is InChI=1S/C16H14BrF3N2O/c17-11-5-7-12(8-6-11)22-15(23)9-10-21-14-4-2-1-3-13(14)16(18,19)20/h1-8,21H,9-10H2,(H,22,23). The summed E-state index contributed by atoms with van der Waals surface area (Å²) in [7, 11) is 0. The van der Waals surface area contributed by atoms with E-state index in [0.717, 1.165) is 10.5 Å². The van der Waals surface area contributed by atoms with Crippen molar-refractivity contribution in [3.63, 3.8) is 0 Å². The van der Waals surface area contributed by atoms with Crippen LogP contribution in [0.2, 0.25) is 0 Å². The highest BCUT2D eigenvalue weighted by Gasteiger charge is 2.32. The molecular formula is C16H14BrF3N2O. The Kier molecular flexibility index (Phi) is 5.65. The first-order chi connectivity index (χ1) is 10.9. The molecule has 23 heavy (non-hydrogen) atoms. The van der Waals surface area contributed by atoms with Crippen molar-refractivity contribution in [2.24, 2.45) is 0 Å². The third kappa shape index (κ3) is 5.28. The Morgan fingerprint density at radius 1 is 1.04 bits per heavy atom. The van der Waals surface area contributed by atoms with E-state index in [1.165, 1.54) is 18.2 Å². The fraction of sp³-hybridized carbons (Fsp3) is 0.188. The summed E-state index contributed by atoms with van der Waals surface area (Å²) in [4.78, 5) is 11.8. The summed E-state index contributed by atoms with van der Waals surface area (Å²) < 4.78 is 39.4. The highest BCUT2D eigenvalue weighted by molar-refractivity contribution is 9.10. The predicted octanol–water partition coefficient (Wildman–Crippen LogP) is 4.91. The Hall–Kier alpha value is -2.02. The van der Waals surface area contributed by atoms with Gasteiger partial charge in [-0.3, -0.25) is 4.79 Å². The van der Waals surface area contributed by atoms with Crippen LogP contribution in [0.15, 0.2) is 53.0 Å². The number of carbonyl (C=O) groups is 1. The van der Waals surface area contributed by atoms with E-state index in [2.05, 4.69) is 26.6 Å². The average Bonchev–Trinajstić information content (AvgIpc) is 2.49. The lowest BCUT2D eigenvalue weighted by Crippen LogP contribution is -2.17. The second-order valence-corrected chi connectivity index (χ2v) is 5.69. The topological polar surface area (TPSA) is 41.1 Å². The molecule has 0 unspecified atom stereocenters. The second kappa shape index (κ2) is 7.50. The molecule has 0 saturated heterocycles. The zero-order valence-electron chi connectivity index (χ0n) is 12.0. The lowest BCUT2D eigenvalue weighted by molar-refractivity contribution is -0.137. The minimum atomic E-state index is -4.43. The first-order valence-electron chi connectivity index (χ1n) is 6.82. The Labute approximate surface area is 140 Å². The number of benzene rings is 2. The van der Waals surface area contributed by atoms with Crippen LogP contribution in [0.1, 0.15) is 12.0 Å². The van der Waals surface area contributed by atoms with Crippen LogP contribution in [0.5, 0.6) is 0 Å². The number of hydrogen-bond acceptors (Lipinski definition) is 2. The molecule has 2 N–H and O–H groups in total. The number of rotatable bonds is 5. The normalized spacial score (nSPS) is 11.1. The third-order valence-corrected chi connectivity index (χ3v) is 3.56. The van der Waals surface area contributed by atoms with Crippen LogP contribution in [0, 0.1) is 0 Å². The summed E-state index contributed by atoms with van der Waals surface area (Å²) in [5, 5.41) is 5.34. The number of nitrogens with one attached hydrogen (secondary N) is 2. The maximum atomic E-state index is 12.8. The molecule has 2 aromatic rings. The van der Waals surface area contributed by atoms with Crippen molar-refractivity contribution in [2.45, 2.75) is 12.6 Å². The van der Waals surface area contributed by atoms with E-state index in [1.54, 1.807) is 24.3 Å². The lowest BCUT2D eigenvalue weighted by Gasteiger charge is -2.14. The molecule has 0 bridgehead atoms. The van der Waals surface area contributed by atoms with Gasteiger partial charge in [-0.05, 0) is 36.4 Å². The van der Waals surface area contributed by atoms with Crippen LogP contribution in [0.3, 0.4) is 0 Å². The van der Waals surface area contributed by atoms with Crippen LogP contribution >= 0.6 is 15.9 Å². The predicted molar refractivity (Wildman–Crippen MR) is 87.3 cm³/mol. The maximum Gasteiger partial charge on any atom is 0.418 e. The van der Waals surface area contributed by atoms with Crippen molar-refractivity contribution in [3.8, 4) is 0 Å². The van der Waals surface area contributed by atoms with Crippen LogP contribution in [0.4, 0.5) is 24.5 Å². The first kappa shape index (κ1) is 17.3. The van der Waals surface area contributed by atoms with Crippen LogP contribution < -0.4 is 10.6 Å². The number of hydrogen-bond donors (Lipinski definition) is 2. The Balaban J connectivity index is 1.88. The van der Waals surface area contributed by atoms with Crippen LogP contribution in [0.25, 0.3) is 0 Å². The maximum absolute atomic E-state index is 12.8. The van der Waals surface area contributed by atoms with E-state index >= 15 is 0 Å². The van der Waals surface area contributed by atoms with Crippen molar-refractivity contribution in [2.75, 3.05) is 17.2 Å². The van der Waals surface area contributed by atoms with Crippen molar-refractivity contribution in [1.29, 1.82) is 0 Å². The quantitative estimate of drug-likeness (QED) is 0.766. The Bertz CT molecular complexity index is 672. The molecule has 0 spiro atoms. The van der Waals surface area contributed by atoms with Crippen LogP contribution in [-0.2, 0) is 11.0 Å². The molecule has 0 saturated carbocycles. The molecule has 1 amide bonds. The molecular weight excluding hydrogens is 373 g/mol. The van der Waals surface area contributed by atoms with Crippen molar-refractivity contribution < 1.29 is 18.0 Å². The minimum absolute atomic E-state index is 0.0311. The number of para-hydroxylation sites is 1. The van der Waals surface area contributed by atoms with Gasteiger partial charge in [0.05, 0.1) is 5.56 Å². The Morgan fingerprint density at radius 2 is 1.70 bits per heavy atom. The van der Waals surface area contributed by atoms with Crippen molar-refractivity contribution in [3.05, 3.63) is 58.6 Å². The van der Waals surface area contributed by atoms with E-state index in [4.69, 9.17) is 0 Å². The van der Waals surface area contributed by atoms with E-state index in [-0.39, 0.29) is 24.6 Å². The van der Waals surface area contributed by atoms with E-state index < -0.39 is 11.7 Å². The molecule has 2 rings (SSSR count). The number of amides is 1. The molecule has 0 atom stereocenters. The summed E-state index contributed by atoms with van der Waals surface area (Å²) in [5.41, 5.74) is -0.140. The molecule has 0 aliphatic rings. The average molecular weight is 387 g/mol. The molecule has 122 valence electrons. The smallest absolute Gasteiger partial charge is 0.384 e. The molecule has 3 nitrogen and oxygen atoms in total. The molecule has 0 aromatic heterocycles. The van der Waals surface area contributed by atoms with Crippen molar-refractivity contribution >= 4 is 33.2 Å². The van der Waals surface area contributed by atoms with Crippen molar-refractivity contribution in [1.82, 2.24) is 0 Å². The third-order valence-electron chi connectivity index (χ3n) is 3.03. The zero-order chi connectivity index (χ0) is 16.9. The van der Waals surface area contributed by atoms with E-state index in [0.29, 0.717) is 5.69 Å². The molecule has 2 aromatic carbocycles. The largest absolute Gasteiger partial charge is 0.418 e. The molecule has 0 aliphatic carbocycles. The van der Waals surface area contributed by atoms with Gasteiger partial charge in [0, 0.05) is 28.8 Å². The van der Waals surface area contributed by atoms with Gasteiger partial charge in [-0.15, -0.1) is 0 Å². The lowest BCUT2D eigenvalue weighted by atomic mass is 10.1. The molecule has 0 aliphatic heterocycles. The molecule has 0 fully saturated rings. The fourth-order valence-electron chi connectivity index (χ4n) is 1.95. The Morgan fingerprint density at radius 3 is 2.35 bits per heavy atom.